The number of aromatic hydroxyl groups is 1. The van der Waals surface area contributed by atoms with Crippen molar-refractivity contribution in [1.29, 1.82) is 0 Å². The van der Waals surface area contributed by atoms with Crippen LogP contribution in [-0.2, 0) is 4.79 Å². The Hall–Kier alpha value is -2.77. The first-order valence-corrected chi connectivity index (χ1v) is 8.02. The molecule has 0 aromatic heterocycles. The second kappa shape index (κ2) is 8.91. The molecule has 0 aliphatic rings. The molecule has 7 heteroatoms. The van der Waals surface area contributed by atoms with E-state index in [0.717, 1.165) is 4.47 Å². The molecule has 0 atom stereocenters. The van der Waals surface area contributed by atoms with E-state index in [9.17, 15) is 14.7 Å². The van der Waals surface area contributed by atoms with Gasteiger partial charge in [-0.2, -0.15) is 0 Å². The van der Waals surface area contributed by atoms with Crippen LogP contribution in [-0.4, -0.2) is 34.8 Å². The molecule has 0 spiro atoms. The average Bonchev–Trinajstić information content (AvgIpc) is 2.62. The minimum Gasteiger partial charge on any atom is -0.507 e. The highest BCUT2D eigenvalue weighted by molar-refractivity contribution is 9.10. The highest BCUT2D eigenvalue weighted by Crippen LogP contribution is 2.20. The van der Waals surface area contributed by atoms with Crippen LogP contribution in [0.5, 0.6) is 5.75 Å². The van der Waals surface area contributed by atoms with Gasteiger partial charge in [-0.1, -0.05) is 40.2 Å². The fourth-order valence-electron chi connectivity index (χ4n) is 1.94. The zero-order chi connectivity index (χ0) is 18.2. The first kappa shape index (κ1) is 18.6. The van der Waals surface area contributed by atoms with Crippen LogP contribution >= 0.6 is 15.9 Å². The van der Waals surface area contributed by atoms with E-state index >= 15 is 0 Å². The molecule has 2 aromatic rings. The van der Waals surface area contributed by atoms with E-state index in [0.29, 0.717) is 16.7 Å². The van der Waals surface area contributed by atoms with Gasteiger partial charge in [0.1, 0.15) is 12.3 Å². The van der Waals surface area contributed by atoms with Gasteiger partial charge in [0.2, 0.25) is 0 Å². The van der Waals surface area contributed by atoms with Gasteiger partial charge in [-0.3, -0.25) is 19.8 Å². The molecule has 0 fully saturated rings. The normalized spacial score (nSPS) is 11.1. The number of hydrogen-bond donors (Lipinski definition) is 3. The molecule has 2 rings (SSSR count). The van der Waals surface area contributed by atoms with Crippen molar-refractivity contribution in [3.05, 3.63) is 69.7 Å². The van der Waals surface area contributed by atoms with Gasteiger partial charge in [0.15, 0.2) is 5.78 Å². The Bertz CT molecular complexity index is 829. The van der Waals surface area contributed by atoms with Gasteiger partial charge in [0.05, 0.1) is 0 Å². The van der Waals surface area contributed by atoms with Crippen molar-refractivity contribution in [2.75, 3.05) is 6.54 Å². The minimum atomic E-state index is -0.634. The van der Waals surface area contributed by atoms with E-state index < -0.39 is 5.91 Å². The Kier molecular flexibility index (Phi) is 6.62. The van der Waals surface area contributed by atoms with Gasteiger partial charge in [-0.25, -0.2) is 5.48 Å². The van der Waals surface area contributed by atoms with E-state index in [1.807, 2.05) is 0 Å². The number of amides is 1. The molecule has 0 aliphatic carbocycles. The number of Topliss-reactive ketones (excluding diaryl/α,β-unsaturated/α-hetero) is 1. The smallest absolute Gasteiger partial charge is 0.267 e. The number of aliphatic imine (C=N–C) groups is 1. The van der Waals surface area contributed by atoms with E-state index in [4.69, 9.17) is 5.21 Å². The second-order valence-electron chi connectivity index (χ2n) is 5.03. The van der Waals surface area contributed by atoms with Gasteiger partial charge >= 0.3 is 0 Å². The van der Waals surface area contributed by atoms with Crippen molar-refractivity contribution in [2.24, 2.45) is 4.99 Å². The summed E-state index contributed by atoms with van der Waals surface area (Å²) in [4.78, 5) is 27.1. The molecule has 0 radical (unpaired) electrons. The van der Waals surface area contributed by atoms with Crippen LogP contribution in [0, 0.1) is 0 Å². The summed E-state index contributed by atoms with van der Waals surface area (Å²) in [6, 6.07) is 11.6. The third-order valence-corrected chi connectivity index (χ3v) is 3.72. The number of ketones is 1. The maximum absolute atomic E-state index is 12.1. The van der Waals surface area contributed by atoms with Gasteiger partial charge < -0.3 is 5.11 Å². The van der Waals surface area contributed by atoms with Crippen LogP contribution in [0.25, 0.3) is 6.08 Å². The largest absolute Gasteiger partial charge is 0.507 e. The van der Waals surface area contributed by atoms with Crippen molar-refractivity contribution in [3.8, 4) is 5.75 Å². The summed E-state index contributed by atoms with van der Waals surface area (Å²) < 4.78 is 0.802. The van der Waals surface area contributed by atoms with Crippen LogP contribution < -0.4 is 5.48 Å². The van der Waals surface area contributed by atoms with E-state index in [2.05, 4.69) is 20.9 Å². The van der Waals surface area contributed by atoms with Crippen molar-refractivity contribution >= 4 is 39.9 Å². The lowest BCUT2D eigenvalue weighted by atomic mass is 10.1. The van der Waals surface area contributed by atoms with Gasteiger partial charge in [0.25, 0.3) is 5.91 Å². The van der Waals surface area contributed by atoms with Crippen molar-refractivity contribution < 1.29 is 19.9 Å². The summed E-state index contributed by atoms with van der Waals surface area (Å²) >= 11 is 3.30. The molecular weight excluding hydrogens is 388 g/mol. The number of carbonyl (C=O) groups excluding carboxylic acids is 2. The monoisotopic (exact) mass is 402 g/mol. The third-order valence-electron chi connectivity index (χ3n) is 3.22. The Morgan fingerprint density at radius 1 is 1.16 bits per heavy atom. The first-order chi connectivity index (χ1) is 12.0. The fraction of sp³-hybridized carbons (Fsp3) is 0.0556. The number of halogens is 1. The number of hydrogen-bond acceptors (Lipinski definition) is 5. The quantitative estimate of drug-likeness (QED) is 0.227. The van der Waals surface area contributed by atoms with Gasteiger partial charge in [-0.15, -0.1) is 0 Å². The molecular formula is C18H15BrN2O4. The number of benzene rings is 2. The number of nitrogens with one attached hydrogen (secondary N) is 1. The Balaban J connectivity index is 1.99. The van der Waals surface area contributed by atoms with Crippen molar-refractivity contribution in [1.82, 2.24) is 5.48 Å². The Labute approximate surface area is 152 Å². The third kappa shape index (κ3) is 5.66. The molecule has 25 heavy (non-hydrogen) atoms. The van der Waals surface area contributed by atoms with Crippen LogP contribution in [0.1, 0.15) is 21.5 Å². The van der Waals surface area contributed by atoms with Crippen molar-refractivity contribution in [3.63, 3.8) is 0 Å². The number of rotatable bonds is 6. The SMILES string of the molecule is O=C(/C=C/c1ccc(C(=O)CN=Cc2cc(Br)ccc2O)cc1)NO. The Morgan fingerprint density at radius 3 is 2.56 bits per heavy atom. The Morgan fingerprint density at radius 2 is 1.88 bits per heavy atom. The maximum Gasteiger partial charge on any atom is 0.267 e. The number of phenolic OH excluding ortho intramolecular Hbond substituents is 1. The topological polar surface area (TPSA) is 99.0 Å². The molecule has 0 bridgehead atoms. The molecule has 0 unspecified atom stereocenters. The summed E-state index contributed by atoms with van der Waals surface area (Å²) in [7, 11) is 0. The summed E-state index contributed by atoms with van der Waals surface area (Å²) in [5, 5.41) is 18.1. The lowest BCUT2D eigenvalue weighted by Crippen LogP contribution is -2.14. The molecule has 128 valence electrons. The van der Waals surface area contributed by atoms with Crippen molar-refractivity contribution in [2.45, 2.75) is 0 Å². The zero-order valence-electron chi connectivity index (χ0n) is 13.0. The minimum absolute atomic E-state index is 0.0476. The van der Waals surface area contributed by atoms with Gasteiger partial charge in [-0.05, 0) is 29.8 Å². The molecule has 3 N–H and O–H groups in total. The molecule has 0 heterocycles. The molecule has 0 aliphatic heterocycles. The molecule has 2 aromatic carbocycles. The average molecular weight is 403 g/mol. The summed E-state index contributed by atoms with van der Waals surface area (Å²) in [5.74, 6) is -0.720. The lowest BCUT2D eigenvalue weighted by Gasteiger charge is -2.01. The number of hydroxylamine groups is 1. The van der Waals surface area contributed by atoms with E-state index in [-0.39, 0.29) is 18.1 Å². The van der Waals surface area contributed by atoms with Crippen LogP contribution in [0.2, 0.25) is 0 Å². The highest BCUT2D eigenvalue weighted by atomic mass is 79.9. The second-order valence-corrected chi connectivity index (χ2v) is 5.94. The maximum atomic E-state index is 12.1. The van der Waals surface area contributed by atoms with Gasteiger partial charge in [0, 0.05) is 27.9 Å². The molecule has 0 saturated heterocycles. The zero-order valence-corrected chi connectivity index (χ0v) is 14.6. The lowest BCUT2D eigenvalue weighted by molar-refractivity contribution is -0.124. The van der Waals surface area contributed by atoms with Crippen LogP contribution in [0.4, 0.5) is 0 Å². The molecule has 1 amide bonds. The predicted octanol–water partition coefficient (Wildman–Crippen LogP) is 2.98. The van der Waals surface area contributed by atoms with Crippen LogP contribution in [0.3, 0.4) is 0 Å². The molecule has 6 nitrogen and oxygen atoms in total. The fourth-order valence-corrected chi connectivity index (χ4v) is 2.32. The number of phenols is 1. The predicted molar refractivity (Wildman–Crippen MR) is 98.0 cm³/mol. The summed E-state index contributed by atoms with van der Waals surface area (Å²) in [6.45, 7) is -0.0476. The summed E-state index contributed by atoms with van der Waals surface area (Å²) in [6.07, 6.45) is 4.13. The van der Waals surface area contributed by atoms with E-state index in [1.54, 1.807) is 36.4 Å². The molecule has 0 saturated carbocycles. The summed E-state index contributed by atoms with van der Waals surface area (Å²) in [5.41, 5.74) is 3.21. The standard InChI is InChI=1S/C18H15BrN2O4/c19-15-6-7-16(22)14(9-15)10-20-11-17(23)13-4-1-12(2-5-13)3-8-18(24)21-25/h1-10,22,25H,11H2,(H,21,24)/b8-3+,20-10?. The van der Waals surface area contributed by atoms with E-state index in [1.165, 1.54) is 29.9 Å². The highest BCUT2D eigenvalue weighted by Gasteiger charge is 2.05. The van der Waals surface area contributed by atoms with Crippen LogP contribution in [0.15, 0.2) is 58.0 Å². The first-order valence-electron chi connectivity index (χ1n) is 7.23. The number of carbonyl (C=O) groups is 2. The number of nitrogens with zero attached hydrogens (tertiary/aromatic N) is 1.